The van der Waals surface area contributed by atoms with Crippen molar-refractivity contribution in [3.05, 3.63) is 41.3 Å². The molecule has 0 N–H and O–H groups in total. The zero-order valence-corrected chi connectivity index (χ0v) is 11.4. The van der Waals surface area contributed by atoms with E-state index in [-0.39, 0.29) is 0 Å². The number of anilines is 1. The van der Waals surface area contributed by atoms with E-state index >= 15 is 0 Å². The van der Waals surface area contributed by atoms with Gasteiger partial charge in [0.1, 0.15) is 0 Å². The second kappa shape index (κ2) is 5.12. The first kappa shape index (κ1) is 11.8. The molecule has 1 aromatic heterocycles. The van der Waals surface area contributed by atoms with Crippen LogP contribution >= 0.6 is 11.3 Å². The van der Waals surface area contributed by atoms with Crippen molar-refractivity contribution in [3.63, 3.8) is 0 Å². The summed E-state index contributed by atoms with van der Waals surface area (Å²) in [4.78, 5) is 2.41. The van der Waals surface area contributed by atoms with Crippen molar-refractivity contribution in [2.75, 3.05) is 31.2 Å². The van der Waals surface area contributed by atoms with E-state index < -0.39 is 0 Å². The Balaban J connectivity index is 1.82. The van der Waals surface area contributed by atoms with Gasteiger partial charge in [-0.25, -0.2) is 0 Å². The van der Waals surface area contributed by atoms with E-state index in [0.717, 1.165) is 26.3 Å². The lowest BCUT2D eigenvalue weighted by atomic mass is 10.1. The quantitative estimate of drug-likeness (QED) is 0.817. The van der Waals surface area contributed by atoms with E-state index in [2.05, 4.69) is 47.5 Å². The van der Waals surface area contributed by atoms with Crippen LogP contribution in [0.4, 0.5) is 5.00 Å². The minimum absolute atomic E-state index is 0.845. The SMILES string of the molecule is Cc1ccc(-c2csc(N3CCOCC3)c2)cc1. The molecule has 1 aromatic carbocycles. The largest absolute Gasteiger partial charge is 0.378 e. The summed E-state index contributed by atoms with van der Waals surface area (Å²) in [5.74, 6) is 0. The molecule has 2 nitrogen and oxygen atoms in total. The number of aryl methyl sites for hydroxylation is 1. The third-order valence-corrected chi connectivity index (χ3v) is 4.28. The van der Waals surface area contributed by atoms with Crippen LogP contribution in [0.25, 0.3) is 11.1 Å². The van der Waals surface area contributed by atoms with Crippen LogP contribution in [0.2, 0.25) is 0 Å². The normalized spacial score (nSPS) is 15.9. The van der Waals surface area contributed by atoms with Gasteiger partial charge in [-0.05, 0) is 24.1 Å². The second-order valence-electron chi connectivity index (χ2n) is 4.64. The molecule has 0 spiro atoms. The number of thiophene rings is 1. The lowest BCUT2D eigenvalue weighted by Gasteiger charge is -2.27. The van der Waals surface area contributed by atoms with Crippen molar-refractivity contribution < 1.29 is 4.74 Å². The summed E-state index contributed by atoms with van der Waals surface area (Å²) < 4.78 is 5.39. The second-order valence-corrected chi connectivity index (χ2v) is 5.53. The lowest BCUT2D eigenvalue weighted by molar-refractivity contribution is 0.123. The zero-order valence-electron chi connectivity index (χ0n) is 10.6. The maximum absolute atomic E-state index is 5.39. The van der Waals surface area contributed by atoms with Crippen LogP contribution in [0.15, 0.2) is 35.7 Å². The van der Waals surface area contributed by atoms with Crippen molar-refractivity contribution >= 4 is 16.3 Å². The molecule has 0 unspecified atom stereocenters. The van der Waals surface area contributed by atoms with Crippen LogP contribution in [-0.2, 0) is 4.74 Å². The van der Waals surface area contributed by atoms with E-state index in [9.17, 15) is 0 Å². The number of hydrogen-bond acceptors (Lipinski definition) is 3. The molecule has 3 rings (SSSR count). The Hall–Kier alpha value is -1.32. The average Bonchev–Trinajstić information content (AvgIpc) is 2.90. The Bertz CT molecular complexity index is 512. The highest BCUT2D eigenvalue weighted by Gasteiger charge is 2.13. The molecule has 94 valence electrons. The Morgan fingerprint density at radius 1 is 1.06 bits per heavy atom. The standard InChI is InChI=1S/C15H17NOS/c1-12-2-4-13(5-3-12)14-10-15(18-11-14)16-6-8-17-9-7-16/h2-5,10-11H,6-9H2,1H3. The van der Waals surface area contributed by atoms with Gasteiger partial charge >= 0.3 is 0 Å². The average molecular weight is 259 g/mol. The molecule has 1 fully saturated rings. The fourth-order valence-corrected chi connectivity index (χ4v) is 3.15. The fourth-order valence-electron chi connectivity index (χ4n) is 2.17. The molecule has 0 atom stereocenters. The molecule has 3 heteroatoms. The summed E-state index contributed by atoms with van der Waals surface area (Å²) in [7, 11) is 0. The third-order valence-electron chi connectivity index (χ3n) is 3.29. The van der Waals surface area contributed by atoms with Crippen LogP contribution in [0, 0.1) is 6.92 Å². The molecule has 1 saturated heterocycles. The minimum atomic E-state index is 0.845. The van der Waals surface area contributed by atoms with Crippen LogP contribution in [0.3, 0.4) is 0 Å². The molecule has 0 bridgehead atoms. The predicted octanol–water partition coefficient (Wildman–Crippen LogP) is 3.56. The fraction of sp³-hybridized carbons (Fsp3) is 0.333. The summed E-state index contributed by atoms with van der Waals surface area (Å²) >= 11 is 1.83. The highest BCUT2D eigenvalue weighted by atomic mass is 32.1. The van der Waals surface area contributed by atoms with Gasteiger partial charge in [-0.15, -0.1) is 11.3 Å². The topological polar surface area (TPSA) is 12.5 Å². The molecule has 1 aliphatic heterocycles. The maximum Gasteiger partial charge on any atom is 0.0916 e. The lowest BCUT2D eigenvalue weighted by Crippen LogP contribution is -2.35. The third kappa shape index (κ3) is 2.42. The molecule has 2 heterocycles. The van der Waals surface area contributed by atoms with E-state index in [1.54, 1.807) is 0 Å². The molecule has 2 aromatic rings. The van der Waals surface area contributed by atoms with Gasteiger partial charge in [0, 0.05) is 18.5 Å². The van der Waals surface area contributed by atoms with Gasteiger partial charge in [0.25, 0.3) is 0 Å². The van der Waals surface area contributed by atoms with E-state index in [1.165, 1.54) is 21.7 Å². The van der Waals surface area contributed by atoms with Crippen LogP contribution in [0.1, 0.15) is 5.56 Å². The summed E-state index contributed by atoms with van der Waals surface area (Å²) in [6.45, 7) is 5.83. The van der Waals surface area contributed by atoms with Gasteiger partial charge in [0.15, 0.2) is 0 Å². The van der Waals surface area contributed by atoms with Crippen molar-refractivity contribution in [3.8, 4) is 11.1 Å². The monoisotopic (exact) mass is 259 g/mol. The molecule has 0 saturated carbocycles. The molecule has 18 heavy (non-hydrogen) atoms. The van der Waals surface area contributed by atoms with Crippen molar-refractivity contribution in [2.45, 2.75) is 6.92 Å². The highest BCUT2D eigenvalue weighted by molar-refractivity contribution is 7.14. The Labute approximate surface area is 112 Å². The number of rotatable bonds is 2. The summed E-state index contributed by atoms with van der Waals surface area (Å²) in [6, 6.07) is 11.0. The van der Waals surface area contributed by atoms with Gasteiger partial charge < -0.3 is 9.64 Å². The molecular formula is C15H17NOS. The Morgan fingerprint density at radius 3 is 2.50 bits per heavy atom. The number of nitrogens with zero attached hydrogens (tertiary/aromatic N) is 1. The Kier molecular flexibility index (Phi) is 3.35. The van der Waals surface area contributed by atoms with E-state index in [1.807, 2.05) is 11.3 Å². The first-order valence-electron chi connectivity index (χ1n) is 6.31. The first-order valence-corrected chi connectivity index (χ1v) is 7.19. The Morgan fingerprint density at radius 2 is 1.78 bits per heavy atom. The molecule has 1 aliphatic rings. The van der Waals surface area contributed by atoms with Crippen molar-refractivity contribution in [1.29, 1.82) is 0 Å². The minimum Gasteiger partial charge on any atom is -0.378 e. The van der Waals surface area contributed by atoms with Crippen LogP contribution in [-0.4, -0.2) is 26.3 Å². The molecule has 0 radical (unpaired) electrons. The maximum atomic E-state index is 5.39. The molecule has 0 amide bonds. The molecular weight excluding hydrogens is 242 g/mol. The van der Waals surface area contributed by atoms with Gasteiger partial charge in [0.2, 0.25) is 0 Å². The first-order chi connectivity index (χ1) is 8.83. The number of hydrogen-bond donors (Lipinski definition) is 0. The smallest absolute Gasteiger partial charge is 0.0916 e. The van der Waals surface area contributed by atoms with Gasteiger partial charge in [-0.3, -0.25) is 0 Å². The van der Waals surface area contributed by atoms with E-state index in [0.29, 0.717) is 0 Å². The van der Waals surface area contributed by atoms with Crippen molar-refractivity contribution in [2.24, 2.45) is 0 Å². The van der Waals surface area contributed by atoms with Gasteiger partial charge in [0.05, 0.1) is 18.2 Å². The highest BCUT2D eigenvalue weighted by Crippen LogP contribution is 2.32. The zero-order chi connectivity index (χ0) is 12.4. The van der Waals surface area contributed by atoms with Gasteiger partial charge in [-0.1, -0.05) is 29.8 Å². The van der Waals surface area contributed by atoms with Gasteiger partial charge in [-0.2, -0.15) is 0 Å². The van der Waals surface area contributed by atoms with Crippen LogP contribution in [0.5, 0.6) is 0 Å². The molecule has 0 aliphatic carbocycles. The number of ether oxygens (including phenoxy) is 1. The summed E-state index contributed by atoms with van der Waals surface area (Å²) in [6.07, 6.45) is 0. The number of morpholine rings is 1. The van der Waals surface area contributed by atoms with Crippen molar-refractivity contribution in [1.82, 2.24) is 0 Å². The van der Waals surface area contributed by atoms with Crippen LogP contribution < -0.4 is 4.90 Å². The van der Waals surface area contributed by atoms with E-state index in [4.69, 9.17) is 4.74 Å². The summed E-state index contributed by atoms with van der Waals surface area (Å²) in [5.41, 5.74) is 3.93. The number of benzene rings is 1. The summed E-state index contributed by atoms with van der Waals surface area (Å²) in [5, 5.41) is 3.60. The predicted molar refractivity (Wildman–Crippen MR) is 77.5 cm³/mol.